The normalized spacial score (nSPS) is 13.6. The number of fused-ring (bicyclic) bond motifs is 1. The SMILES string of the molecule is O=CCCc1c(F)c(Br)cc2c1OCCO2. The maximum atomic E-state index is 13.8. The van der Waals surface area contributed by atoms with Crippen LogP contribution in [0.1, 0.15) is 12.0 Å². The standard InChI is InChI=1S/C11H10BrFO3/c12-8-6-9-11(16-5-4-15-9)7(10(8)13)2-1-3-14/h3,6H,1-2,4-5H2. The Morgan fingerprint density at radius 2 is 2.19 bits per heavy atom. The molecule has 0 bridgehead atoms. The molecule has 0 radical (unpaired) electrons. The number of benzene rings is 1. The molecule has 0 amide bonds. The molecule has 1 heterocycles. The lowest BCUT2D eigenvalue weighted by Crippen LogP contribution is -2.17. The summed E-state index contributed by atoms with van der Waals surface area (Å²) in [6.07, 6.45) is 1.35. The Kier molecular flexibility index (Phi) is 3.43. The molecule has 1 aliphatic rings. The second kappa shape index (κ2) is 4.82. The number of carbonyl (C=O) groups excluding carboxylic acids is 1. The number of hydrogen-bond donors (Lipinski definition) is 0. The van der Waals surface area contributed by atoms with E-state index < -0.39 is 0 Å². The summed E-state index contributed by atoms with van der Waals surface area (Å²) >= 11 is 3.12. The second-order valence-electron chi connectivity index (χ2n) is 3.38. The summed E-state index contributed by atoms with van der Waals surface area (Å²) in [4.78, 5) is 10.3. The van der Waals surface area contributed by atoms with Gasteiger partial charge in [0, 0.05) is 18.1 Å². The maximum Gasteiger partial charge on any atom is 0.167 e. The van der Waals surface area contributed by atoms with Gasteiger partial charge in [-0.3, -0.25) is 0 Å². The topological polar surface area (TPSA) is 35.5 Å². The van der Waals surface area contributed by atoms with Gasteiger partial charge in [0.1, 0.15) is 25.3 Å². The fourth-order valence-electron chi connectivity index (χ4n) is 1.62. The van der Waals surface area contributed by atoms with Crippen LogP contribution in [0.3, 0.4) is 0 Å². The van der Waals surface area contributed by atoms with Gasteiger partial charge in [-0.15, -0.1) is 0 Å². The molecule has 0 atom stereocenters. The van der Waals surface area contributed by atoms with Crippen LogP contribution in [-0.4, -0.2) is 19.5 Å². The number of aldehydes is 1. The molecule has 86 valence electrons. The highest BCUT2D eigenvalue weighted by Gasteiger charge is 2.21. The Hall–Kier alpha value is -1.10. The van der Waals surface area contributed by atoms with E-state index >= 15 is 0 Å². The number of hydrogen-bond acceptors (Lipinski definition) is 3. The molecule has 0 saturated carbocycles. The molecule has 3 nitrogen and oxygen atoms in total. The summed E-state index contributed by atoms with van der Waals surface area (Å²) in [6.45, 7) is 0.861. The quantitative estimate of drug-likeness (QED) is 0.802. The average molecular weight is 289 g/mol. The number of ether oxygens (including phenoxy) is 2. The lowest BCUT2D eigenvalue weighted by molar-refractivity contribution is -0.107. The first kappa shape index (κ1) is 11.4. The van der Waals surface area contributed by atoms with E-state index in [0.29, 0.717) is 41.2 Å². The van der Waals surface area contributed by atoms with Crippen molar-refractivity contribution in [3.63, 3.8) is 0 Å². The van der Waals surface area contributed by atoms with Gasteiger partial charge in [0.15, 0.2) is 11.5 Å². The lowest BCUT2D eigenvalue weighted by atomic mass is 10.1. The van der Waals surface area contributed by atoms with Gasteiger partial charge in [0.25, 0.3) is 0 Å². The molecule has 0 aliphatic carbocycles. The van der Waals surface area contributed by atoms with E-state index in [1.807, 2.05) is 0 Å². The first-order chi connectivity index (χ1) is 7.74. The van der Waals surface area contributed by atoms with Crippen LogP contribution in [0.4, 0.5) is 4.39 Å². The predicted octanol–water partition coefficient (Wildman–Crippen LogP) is 2.49. The van der Waals surface area contributed by atoms with Gasteiger partial charge in [-0.25, -0.2) is 4.39 Å². The monoisotopic (exact) mass is 288 g/mol. The van der Waals surface area contributed by atoms with Crippen molar-refractivity contribution in [2.45, 2.75) is 12.8 Å². The smallest absolute Gasteiger partial charge is 0.167 e. The third kappa shape index (κ3) is 2.04. The molecule has 16 heavy (non-hydrogen) atoms. The summed E-state index contributed by atoms with van der Waals surface area (Å²) in [5.74, 6) is 0.570. The highest BCUT2D eigenvalue weighted by atomic mass is 79.9. The minimum Gasteiger partial charge on any atom is -0.486 e. The molecule has 5 heteroatoms. The van der Waals surface area contributed by atoms with Crippen molar-refractivity contribution in [1.29, 1.82) is 0 Å². The fraction of sp³-hybridized carbons (Fsp3) is 0.364. The minimum absolute atomic E-state index is 0.267. The van der Waals surface area contributed by atoms with E-state index in [0.717, 1.165) is 6.29 Å². The Balaban J connectivity index is 2.45. The van der Waals surface area contributed by atoms with Crippen molar-refractivity contribution in [3.8, 4) is 11.5 Å². The first-order valence-corrected chi connectivity index (χ1v) is 5.73. The third-order valence-electron chi connectivity index (χ3n) is 2.33. The molecular formula is C11H10BrFO3. The number of carbonyl (C=O) groups is 1. The zero-order chi connectivity index (χ0) is 11.5. The molecular weight excluding hydrogens is 279 g/mol. The third-order valence-corrected chi connectivity index (χ3v) is 2.91. The van der Waals surface area contributed by atoms with Crippen LogP contribution in [0.25, 0.3) is 0 Å². The molecule has 0 aromatic heterocycles. The molecule has 0 N–H and O–H groups in total. The Morgan fingerprint density at radius 3 is 2.94 bits per heavy atom. The van der Waals surface area contributed by atoms with Crippen molar-refractivity contribution in [1.82, 2.24) is 0 Å². The van der Waals surface area contributed by atoms with Gasteiger partial charge in [0.05, 0.1) is 4.47 Å². The largest absolute Gasteiger partial charge is 0.486 e. The summed E-state index contributed by atoms with van der Waals surface area (Å²) in [5, 5.41) is 0. The summed E-state index contributed by atoms with van der Waals surface area (Å²) in [5.41, 5.74) is 0.399. The van der Waals surface area contributed by atoms with Crippen LogP contribution in [0.5, 0.6) is 11.5 Å². The van der Waals surface area contributed by atoms with E-state index in [1.54, 1.807) is 6.07 Å². The Morgan fingerprint density at radius 1 is 1.44 bits per heavy atom. The highest BCUT2D eigenvalue weighted by Crippen LogP contribution is 2.39. The van der Waals surface area contributed by atoms with Crippen LogP contribution in [0, 0.1) is 5.82 Å². The van der Waals surface area contributed by atoms with Crippen LogP contribution < -0.4 is 9.47 Å². The van der Waals surface area contributed by atoms with Crippen molar-refractivity contribution in [3.05, 3.63) is 21.9 Å². The van der Waals surface area contributed by atoms with E-state index in [-0.39, 0.29) is 12.2 Å². The zero-order valence-electron chi connectivity index (χ0n) is 8.46. The Labute approximate surface area is 101 Å². The minimum atomic E-state index is -0.383. The molecule has 1 aromatic rings. The van der Waals surface area contributed by atoms with E-state index in [1.165, 1.54) is 0 Å². The van der Waals surface area contributed by atoms with Gasteiger partial charge >= 0.3 is 0 Å². The van der Waals surface area contributed by atoms with Crippen LogP contribution >= 0.6 is 15.9 Å². The highest BCUT2D eigenvalue weighted by molar-refractivity contribution is 9.10. The van der Waals surface area contributed by atoms with Crippen LogP contribution in [0.15, 0.2) is 10.5 Å². The summed E-state index contributed by atoms with van der Waals surface area (Å²) < 4.78 is 24.9. The van der Waals surface area contributed by atoms with Gasteiger partial charge in [-0.2, -0.15) is 0 Å². The molecule has 0 saturated heterocycles. The number of halogens is 2. The van der Waals surface area contributed by atoms with Crippen LogP contribution in [0.2, 0.25) is 0 Å². The average Bonchev–Trinajstić information content (AvgIpc) is 2.30. The van der Waals surface area contributed by atoms with Crippen molar-refractivity contribution < 1.29 is 18.7 Å². The molecule has 1 aromatic carbocycles. The Bertz CT molecular complexity index is 420. The fourth-order valence-corrected chi connectivity index (χ4v) is 2.07. The van der Waals surface area contributed by atoms with Gasteiger partial charge in [-0.1, -0.05) is 0 Å². The van der Waals surface area contributed by atoms with Crippen LogP contribution in [-0.2, 0) is 11.2 Å². The van der Waals surface area contributed by atoms with Gasteiger partial charge in [0.2, 0.25) is 0 Å². The van der Waals surface area contributed by atoms with Crippen molar-refractivity contribution in [2.75, 3.05) is 13.2 Å². The van der Waals surface area contributed by atoms with E-state index in [9.17, 15) is 9.18 Å². The molecule has 0 unspecified atom stereocenters. The van der Waals surface area contributed by atoms with Crippen molar-refractivity contribution >= 4 is 22.2 Å². The van der Waals surface area contributed by atoms with Gasteiger partial charge in [-0.05, 0) is 22.4 Å². The molecule has 0 fully saturated rings. The lowest BCUT2D eigenvalue weighted by Gasteiger charge is -2.21. The molecule has 0 spiro atoms. The van der Waals surface area contributed by atoms with E-state index in [4.69, 9.17) is 9.47 Å². The predicted molar refractivity (Wildman–Crippen MR) is 59.5 cm³/mol. The van der Waals surface area contributed by atoms with Crippen molar-refractivity contribution in [2.24, 2.45) is 0 Å². The molecule has 2 rings (SSSR count). The maximum absolute atomic E-state index is 13.8. The first-order valence-electron chi connectivity index (χ1n) is 4.94. The summed E-state index contributed by atoms with van der Waals surface area (Å²) in [7, 11) is 0. The summed E-state index contributed by atoms with van der Waals surface area (Å²) in [6, 6.07) is 1.55. The molecule has 1 aliphatic heterocycles. The van der Waals surface area contributed by atoms with E-state index in [2.05, 4.69) is 15.9 Å². The zero-order valence-corrected chi connectivity index (χ0v) is 10.0. The number of rotatable bonds is 3. The second-order valence-corrected chi connectivity index (χ2v) is 4.23. The van der Waals surface area contributed by atoms with Gasteiger partial charge < -0.3 is 14.3 Å².